The van der Waals surface area contributed by atoms with Gasteiger partial charge in [-0.3, -0.25) is 5.10 Å². The fraction of sp³-hybridized carbons (Fsp3) is 0.125. The highest BCUT2D eigenvalue weighted by Gasteiger charge is 2.14. The van der Waals surface area contributed by atoms with Crippen molar-refractivity contribution < 1.29 is 28.9 Å². The van der Waals surface area contributed by atoms with Gasteiger partial charge in [0, 0.05) is 29.6 Å². The number of hydrogen-bond acceptors (Lipinski definition) is 9. The molecule has 13 nitrogen and oxygen atoms in total. The third-order valence-electron chi connectivity index (χ3n) is 4.89. The largest absolute Gasteiger partial charge is 0.493 e. The van der Waals surface area contributed by atoms with Crippen molar-refractivity contribution >= 4 is 35.0 Å². The van der Waals surface area contributed by atoms with Crippen molar-refractivity contribution in [1.82, 2.24) is 20.2 Å². The van der Waals surface area contributed by atoms with Gasteiger partial charge < -0.3 is 35.3 Å². The van der Waals surface area contributed by atoms with Crippen molar-refractivity contribution in [2.45, 2.75) is 6.92 Å². The van der Waals surface area contributed by atoms with Crippen LogP contribution in [-0.4, -0.2) is 51.5 Å². The summed E-state index contributed by atoms with van der Waals surface area (Å²) in [7, 11) is 2.96. The van der Waals surface area contributed by atoms with E-state index in [-0.39, 0.29) is 17.3 Å². The molecule has 2 heterocycles. The summed E-state index contributed by atoms with van der Waals surface area (Å²) in [6.07, 6.45) is 0. The van der Waals surface area contributed by atoms with Gasteiger partial charge in [-0.15, -0.1) is 5.10 Å². The highest BCUT2D eigenvalue weighted by molar-refractivity contribution is 6.04. The Morgan fingerprint density at radius 2 is 1.76 bits per heavy atom. The van der Waals surface area contributed by atoms with Crippen molar-refractivity contribution in [3.05, 3.63) is 65.9 Å². The van der Waals surface area contributed by atoms with Gasteiger partial charge in [-0.25, -0.2) is 14.6 Å². The normalized spacial score (nSPS) is 10.4. The second-order valence-electron chi connectivity index (χ2n) is 7.52. The number of nitrogens with zero attached hydrogens (tertiary/aromatic N) is 3. The van der Waals surface area contributed by atoms with Gasteiger partial charge in [-0.2, -0.15) is 4.98 Å². The Morgan fingerprint density at radius 1 is 0.946 bits per heavy atom. The van der Waals surface area contributed by atoms with Crippen molar-refractivity contribution in [2.75, 3.05) is 30.2 Å². The first-order valence-corrected chi connectivity index (χ1v) is 10.8. The molecule has 13 heteroatoms. The molecule has 4 aromatic rings. The number of rotatable bonds is 9. The van der Waals surface area contributed by atoms with E-state index in [0.717, 1.165) is 0 Å². The average molecular weight is 505 g/mol. The van der Waals surface area contributed by atoms with Crippen LogP contribution in [0.4, 0.5) is 27.8 Å². The van der Waals surface area contributed by atoms with E-state index in [1.807, 2.05) is 0 Å². The van der Waals surface area contributed by atoms with Crippen LogP contribution in [0.2, 0.25) is 0 Å². The lowest BCUT2D eigenvalue weighted by Crippen LogP contribution is -2.21. The van der Waals surface area contributed by atoms with E-state index in [1.165, 1.54) is 26.4 Å². The van der Waals surface area contributed by atoms with Crippen molar-refractivity contribution in [3.63, 3.8) is 0 Å². The molecular weight excluding hydrogens is 482 g/mol. The maximum Gasteiger partial charge on any atom is 0.337 e. The van der Waals surface area contributed by atoms with Gasteiger partial charge in [0.15, 0.2) is 11.5 Å². The van der Waals surface area contributed by atoms with Crippen LogP contribution in [-0.2, 0) is 0 Å². The third-order valence-corrected chi connectivity index (χ3v) is 4.89. The summed E-state index contributed by atoms with van der Waals surface area (Å²) in [6, 6.07) is 13.6. The molecule has 5 N–H and O–H groups in total. The number of para-hydroxylation sites is 1. The van der Waals surface area contributed by atoms with E-state index in [9.17, 15) is 14.7 Å². The zero-order valence-electron chi connectivity index (χ0n) is 20.0. The molecule has 37 heavy (non-hydrogen) atoms. The first kappa shape index (κ1) is 24.8. The molecule has 0 bridgehead atoms. The summed E-state index contributed by atoms with van der Waals surface area (Å²) < 4.78 is 16.3. The number of benzene rings is 2. The van der Waals surface area contributed by atoms with Crippen LogP contribution in [0.5, 0.6) is 23.4 Å². The molecule has 0 atom stereocenters. The fourth-order valence-electron chi connectivity index (χ4n) is 3.25. The van der Waals surface area contributed by atoms with Crippen LogP contribution in [0.25, 0.3) is 0 Å². The van der Waals surface area contributed by atoms with Gasteiger partial charge in [-0.05, 0) is 31.2 Å². The van der Waals surface area contributed by atoms with Crippen molar-refractivity contribution in [3.8, 4) is 23.4 Å². The van der Waals surface area contributed by atoms with Crippen LogP contribution in [0.15, 0.2) is 54.6 Å². The number of ether oxygens (including phenoxy) is 3. The number of aromatic carboxylic acids is 1. The van der Waals surface area contributed by atoms with Crippen molar-refractivity contribution in [1.29, 1.82) is 0 Å². The maximum atomic E-state index is 12.4. The molecule has 0 fully saturated rings. The number of carbonyl (C=O) groups is 2. The van der Waals surface area contributed by atoms with Crippen molar-refractivity contribution in [2.24, 2.45) is 0 Å². The molecule has 0 aliphatic heterocycles. The van der Waals surface area contributed by atoms with Gasteiger partial charge in [0.25, 0.3) is 0 Å². The van der Waals surface area contributed by atoms with Crippen LogP contribution in [0.1, 0.15) is 16.1 Å². The fourth-order valence-corrected chi connectivity index (χ4v) is 3.25. The van der Waals surface area contributed by atoms with E-state index in [4.69, 9.17) is 14.2 Å². The molecule has 2 aromatic carbocycles. The SMILES string of the molecule is COc1cc(Nc2cc(C)nc(Oc3ccc(NC(=O)Nc4ccccc4C(=O)O)cc3OC)n2)[nH]n1. The number of carboxylic acids is 1. The second-order valence-corrected chi connectivity index (χ2v) is 7.52. The average Bonchev–Trinajstić information content (AvgIpc) is 3.32. The molecule has 2 aromatic heterocycles. The number of aromatic nitrogens is 4. The first-order valence-electron chi connectivity index (χ1n) is 10.8. The predicted molar refractivity (Wildman–Crippen MR) is 134 cm³/mol. The number of urea groups is 1. The minimum atomic E-state index is -1.15. The first-order chi connectivity index (χ1) is 17.8. The number of hydrogen-bond donors (Lipinski definition) is 5. The highest BCUT2D eigenvalue weighted by Crippen LogP contribution is 2.33. The number of aromatic amines is 1. The van der Waals surface area contributed by atoms with Gasteiger partial charge in [0.1, 0.15) is 11.6 Å². The van der Waals surface area contributed by atoms with E-state index in [2.05, 4.69) is 36.1 Å². The minimum Gasteiger partial charge on any atom is -0.493 e. The quantitative estimate of drug-likeness (QED) is 0.219. The molecule has 0 saturated heterocycles. The number of carbonyl (C=O) groups excluding carboxylic acids is 1. The highest BCUT2D eigenvalue weighted by atomic mass is 16.5. The number of amides is 2. The molecule has 0 saturated carbocycles. The van der Waals surface area contributed by atoms with Gasteiger partial charge in [-0.1, -0.05) is 12.1 Å². The molecule has 0 unspecified atom stereocenters. The minimum absolute atomic E-state index is 0.0299. The molecule has 2 amide bonds. The molecule has 0 aliphatic rings. The summed E-state index contributed by atoms with van der Waals surface area (Å²) >= 11 is 0. The number of methoxy groups -OCH3 is 2. The molecule has 190 valence electrons. The number of aryl methyl sites for hydroxylation is 1. The zero-order chi connectivity index (χ0) is 26.4. The van der Waals surface area contributed by atoms with Crippen LogP contribution in [0, 0.1) is 6.92 Å². The Balaban J connectivity index is 1.47. The van der Waals surface area contributed by atoms with Crippen LogP contribution < -0.4 is 30.2 Å². The van der Waals surface area contributed by atoms with E-state index in [0.29, 0.717) is 40.4 Å². The summed E-state index contributed by atoms with van der Waals surface area (Å²) in [5.74, 6) is 0.914. The number of nitrogens with one attached hydrogen (secondary N) is 4. The third kappa shape index (κ3) is 6.22. The summed E-state index contributed by atoms with van der Waals surface area (Å²) in [5, 5.41) is 24.3. The molecule has 0 spiro atoms. The van der Waals surface area contributed by atoms with E-state index < -0.39 is 12.0 Å². The number of H-pyrrole nitrogens is 1. The Bertz CT molecular complexity index is 1440. The summed E-state index contributed by atoms with van der Waals surface area (Å²) in [5.41, 5.74) is 1.16. The van der Waals surface area contributed by atoms with Crippen LogP contribution in [0.3, 0.4) is 0 Å². The summed E-state index contributed by atoms with van der Waals surface area (Å²) in [6.45, 7) is 1.79. The summed E-state index contributed by atoms with van der Waals surface area (Å²) in [4.78, 5) is 32.5. The zero-order valence-corrected chi connectivity index (χ0v) is 20.0. The topological polar surface area (TPSA) is 173 Å². The second kappa shape index (κ2) is 10.9. The number of carboxylic acid groups (broad SMARTS) is 1. The Labute approximate surface area is 210 Å². The molecule has 0 aliphatic carbocycles. The Morgan fingerprint density at radius 3 is 2.49 bits per heavy atom. The molecule has 4 rings (SSSR count). The molecular formula is C24H23N7O6. The lowest BCUT2D eigenvalue weighted by atomic mass is 10.2. The number of anilines is 4. The smallest absolute Gasteiger partial charge is 0.337 e. The van der Waals surface area contributed by atoms with Gasteiger partial charge in [0.05, 0.1) is 25.5 Å². The Kier molecular flexibility index (Phi) is 7.33. The molecule has 0 radical (unpaired) electrons. The Hall–Kier alpha value is -5.33. The lowest BCUT2D eigenvalue weighted by molar-refractivity contribution is 0.0698. The van der Waals surface area contributed by atoms with Gasteiger partial charge >= 0.3 is 18.0 Å². The van der Waals surface area contributed by atoms with Crippen LogP contribution >= 0.6 is 0 Å². The predicted octanol–water partition coefficient (Wildman–Crippen LogP) is 4.40. The van der Waals surface area contributed by atoms with E-state index in [1.54, 1.807) is 49.4 Å². The monoisotopic (exact) mass is 505 g/mol. The van der Waals surface area contributed by atoms with E-state index >= 15 is 0 Å². The van der Waals surface area contributed by atoms with Gasteiger partial charge in [0.2, 0.25) is 5.88 Å². The maximum absolute atomic E-state index is 12.4. The standard InChI is InChI=1S/C24H23N7O6/c1-13-10-19(28-20-12-21(36-3)31-30-20)29-24(25-13)37-17-9-8-14(11-18(17)35-2)26-23(34)27-16-7-5-4-6-15(16)22(32)33/h4-12H,1-3H3,(H,32,33)(H2,26,27,34)(H2,25,28,29,30,31). The lowest BCUT2D eigenvalue weighted by Gasteiger charge is -2.13.